The number of rotatable bonds is 4. The Morgan fingerprint density at radius 2 is 1.38 bits per heavy atom. The minimum absolute atomic E-state index is 0.0195. The average Bonchev–Trinajstić information content (AvgIpc) is 2.97. The summed E-state index contributed by atoms with van der Waals surface area (Å²) in [4.78, 5) is 37.1. The molecule has 0 radical (unpaired) electrons. The van der Waals surface area contributed by atoms with Crippen molar-refractivity contribution in [3.8, 4) is 0 Å². The van der Waals surface area contributed by atoms with Gasteiger partial charge >= 0.3 is 6.18 Å². The first-order chi connectivity index (χ1) is 18.7. The number of para-hydroxylation sites is 1. The van der Waals surface area contributed by atoms with E-state index in [9.17, 15) is 22.8 Å². The van der Waals surface area contributed by atoms with Crippen LogP contribution in [0, 0.1) is 6.92 Å². The fourth-order valence-electron chi connectivity index (χ4n) is 5.39. The van der Waals surface area contributed by atoms with Crippen molar-refractivity contribution in [2.24, 2.45) is 0 Å². The average molecular weight is 537 g/mol. The molecule has 2 aromatic carbocycles. The van der Waals surface area contributed by atoms with Gasteiger partial charge in [0, 0.05) is 62.1 Å². The molecule has 39 heavy (non-hydrogen) atoms. The molecule has 0 bridgehead atoms. The van der Waals surface area contributed by atoms with Gasteiger partial charge in [0.1, 0.15) is 0 Å². The van der Waals surface area contributed by atoms with E-state index in [4.69, 9.17) is 4.98 Å². The summed E-state index contributed by atoms with van der Waals surface area (Å²) >= 11 is 0. The predicted molar refractivity (Wildman–Crippen MR) is 143 cm³/mol. The number of aryl methyl sites for hydroxylation is 1. The monoisotopic (exact) mass is 536 g/mol. The lowest BCUT2D eigenvalue weighted by atomic mass is 9.89. The van der Waals surface area contributed by atoms with Crippen LogP contribution in [0.1, 0.15) is 56.4 Å². The smallest absolute Gasteiger partial charge is 0.368 e. The molecular formula is C30H31F3N4O2. The van der Waals surface area contributed by atoms with Gasteiger partial charge in [0.25, 0.3) is 11.8 Å². The summed E-state index contributed by atoms with van der Waals surface area (Å²) in [5, 5.41) is 0. The van der Waals surface area contributed by atoms with Gasteiger partial charge < -0.3 is 14.7 Å². The van der Waals surface area contributed by atoms with Gasteiger partial charge in [-0.3, -0.25) is 14.6 Å². The lowest BCUT2D eigenvalue weighted by Gasteiger charge is -2.37. The first-order valence-electron chi connectivity index (χ1n) is 13.2. The van der Waals surface area contributed by atoms with Gasteiger partial charge in [0.05, 0.1) is 16.8 Å². The third kappa shape index (κ3) is 5.92. The summed E-state index contributed by atoms with van der Waals surface area (Å²) in [6.07, 6.45) is -3.18. The number of alkyl halides is 3. The number of carbonyl (C=O) groups is 2. The van der Waals surface area contributed by atoms with E-state index in [-0.39, 0.29) is 23.3 Å². The molecule has 0 spiro atoms. The van der Waals surface area contributed by atoms with Crippen LogP contribution in [0.15, 0.2) is 66.7 Å². The number of hydrogen-bond acceptors (Lipinski definition) is 4. The Labute approximate surface area is 226 Å². The van der Waals surface area contributed by atoms with Crippen LogP contribution in [-0.2, 0) is 6.18 Å². The second kappa shape index (κ2) is 11.1. The molecule has 1 aromatic heterocycles. The van der Waals surface area contributed by atoms with Crippen LogP contribution in [0.2, 0.25) is 0 Å². The minimum Gasteiger partial charge on any atom is -0.368 e. The summed E-state index contributed by atoms with van der Waals surface area (Å²) in [5.41, 5.74) is 2.83. The fourth-order valence-corrected chi connectivity index (χ4v) is 5.39. The zero-order chi connectivity index (χ0) is 27.6. The maximum absolute atomic E-state index is 13.6. The quantitative estimate of drug-likeness (QED) is 0.449. The molecule has 2 aliphatic heterocycles. The Morgan fingerprint density at radius 3 is 2.00 bits per heavy atom. The number of pyridine rings is 1. The number of halogens is 3. The van der Waals surface area contributed by atoms with Crippen LogP contribution < -0.4 is 4.90 Å². The summed E-state index contributed by atoms with van der Waals surface area (Å²) in [6, 6.07) is 18.2. The van der Waals surface area contributed by atoms with Crippen molar-refractivity contribution >= 4 is 17.5 Å². The normalized spacial score (nSPS) is 16.9. The molecule has 2 amide bonds. The van der Waals surface area contributed by atoms with Crippen LogP contribution in [0.5, 0.6) is 0 Å². The van der Waals surface area contributed by atoms with Crippen LogP contribution >= 0.6 is 0 Å². The van der Waals surface area contributed by atoms with Crippen molar-refractivity contribution in [3.05, 3.63) is 94.8 Å². The Balaban J connectivity index is 1.23. The zero-order valence-corrected chi connectivity index (χ0v) is 21.8. The number of nitrogens with zero attached hydrogens (tertiary/aromatic N) is 4. The zero-order valence-electron chi connectivity index (χ0n) is 21.8. The maximum atomic E-state index is 13.6. The third-order valence-corrected chi connectivity index (χ3v) is 7.61. The molecule has 2 aliphatic rings. The van der Waals surface area contributed by atoms with E-state index >= 15 is 0 Å². The van der Waals surface area contributed by atoms with Crippen molar-refractivity contribution in [3.63, 3.8) is 0 Å². The number of carbonyl (C=O) groups excluding carboxylic acids is 2. The lowest BCUT2D eigenvalue weighted by molar-refractivity contribution is -0.137. The standard InChI is InChI=1S/C30H31F3N4O2/c1-21-7-12-26(29(39)37-19-17-35(18-20-37)25-5-3-2-4-6-25)27(34-21)22-13-15-36(16-14-22)28(38)23-8-10-24(11-9-23)30(31,32)33/h2-12,22H,13-20H2,1H3. The fraction of sp³-hybridized carbons (Fsp3) is 0.367. The van der Waals surface area contributed by atoms with Crippen molar-refractivity contribution in [2.75, 3.05) is 44.2 Å². The van der Waals surface area contributed by atoms with E-state index in [2.05, 4.69) is 17.0 Å². The Hall–Kier alpha value is -3.88. The van der Waals surface area contributed by atoms with Crippen LogP contribution in [0.25, 0.3) is 0 Å². The van der Waals surface area contributed by atoms with Gasteiger partial charge in [0.2, 0.25) is 0 Å². The van der Waals surface area contributed by atoms with Crippen molar-refractivity contribution in [1.29, 1.82) is 0 Å². The molecule has 6 nitrogen and oxygen atoms in total. The van der Waals surface area contributed by atoms with Crippen molar-refractivity contribution in [1.82, 2.24) is 14.8 Å². The summed E-state index contributed by atoms with van der Waals surface area (Å²) in [7, 11) is 0. The number of likely N-dealkylation sites (tertiary alicyclic amines) is 1. The molecule has 2 fully saturated rings. The molecule has 5 rings (SSSR count). The van der Waals surface area contributed by atoms with Crippen LogP contribution in [0.4, 0.5) is 18.9 Å². The third-order valence-electron chi connectivity index (χ3n) is 7.61. The van der Waals surface area contributed by atoms with Gasteiger partial charge in [-0.25, -0.2) is 0 Å². The highest BCUT2D eigenvalue weighted by molar-refractivity contribution is 5.96. The first kappa shape index (κ1) is 26.7. The highest BCUT2D eigenvalue weighted by atomic mass is 19.4. The lowest BCUT2D eigenvalue weighted by Crippen LogP contribution is -2.49. The number of piperazine rings is 1. The molecule has 2 saturated heterocycles. The SMILES string of the molecule is Cc1ccc(C(=O)N2CCN(c3ccccc3)CC2)c(C2CCN(C(=O)c3ccc(C(F)(F)F)cc3)CC2)n1. The van der Waals surface area contributed by atoms with Gasteiger partial charge in [-0.1, -0.05) is 18.2 Å². The summed E-state index contributed by atoms with van der Waals surface area (Å²) in [5.74, 6) is -0.286. The van der Waals surface area contributed by atoms with Gasteiger partial charge in [-0.15, -0.1) is 0 Å². The van der Waals surface area contributed by atoms with E-state index in [1.54, 1.807) is 4.90 Å². The Morgan fingerprint density at radius 1 is 0.769 bits per heavy atom. The predicted octanol–water partition coefficient (Wildman–Crippen LogP) is 5.39. The minimum atomic E-state index is -4.44. The topological polar surface area (TPSA) is 56.8 Å². The van der Waals surface area contributed by atoms with E-state index in [1.165, 1.54) is 12.1 Å². The highest BCUT2D eigenvalue weighted by Crippen LogP contribution is 2.32. The second-order valence-electron chi connectivity index (χ2n) is 10.1. The van der Waals surface area contributed by atoms with E-state index < -0.39 is 11.7 Å². The van der Waals surface area contributed by atoms with E-state index in [1.807, 2.05) is 42.2 Å². The number of aromatic nitrogens is 1. The molecule has 9 heteroatoms. The van der Waals surface area contributed by atoms with Gasteiger partial charge in [0.15, 0.2) is 0 Å². The van der Waals surface area contributed by atoms with Crippen LogP contribution in [-0.4, -0.2) is 65.9 Å². The number of anilines is 1. The number of piperidine rings is 1. The van der Waals surface area contributed by atoms with Crippen molar-refractivity contribution in [2.45, 2.75) is 31.9 Å². The molecular weight excluding hydrogens is 505 g/mol. The molecule has 3 aromatic rings. The van der Waals surface area contributed by atoms with Crippen molar-refractivity contribution < 1.29 is 22.8 Å². The molecule has 0 N–H and O–H groups in total. The molecule has 0 atom stereocenters. The largest absolute Gasteiger partial charge is 0.416 e. The molecule has 204 valence electrons. The summed E-state index contributed by atoms with van der Waals surface area (Å²) in [6.45, 7) is 5.57. The Bertz CT molecular complexity index is 1310. The number of amides is 2. The molecule has 0 aliphatic carbocycles. The molecule has 0 saturated carbocycles. The van der Waals surface area contributed by atoms with E-state index in [0.717, 1.165) is 42.3 Å². The Kier molecular flexibility index (Phi) is 7.59. The molecule has 0 unspecified atom stereocenters. The summed E-state index contributed by atoms with van der Waals surface area (Å²) < 4.78 is 38.6. The van der Waals surface area contributed by atoms with Gasteiger partial charge in [-0.2, -0.15) is 13.2 Å². The van der Waals surface area contributed by atoms with Gasteiger partial charge in [-0.05, 0) is 68.3 Å². The number of benzene rings is 2. The second-order valence-corrected chi connectivity index (χ2v) is 10.1. The molecule has 3 heterocycles. The highest BCUT2D eigenvalue weighted by Gasteiger charge is 2.32. The van der Waals surface area contributed by atoms with E-state index in [0.29, 0.717) is 44.6 Å². The maximum Gasteiger partial charge on any atom is 0.416 e. The number of hydrogen-bond donors (Lipinski definition) is 0. The van der Waals surface area contributed by atoms with Crippen LogP contribution in [0.3, 0.4) is 0 Å². The first-order valence-corrected chi connectivity index (χ1v) is 13.2.